The van der Waals surface area contributed by atoms with Crippen LogP contribution in [0.4, 0.5) is 0 Å². The van der Waals surface area contributed by atoms with Crippen molar-refractivity contribution in [2.75, 3.05) is 46.5 Å². The molecule has 0 aliphatic heterocycles. The number of pyridine rings is 1. The second-order valence-electron chi connectivity index (χ2n) is 12.6. The third-order valence-corrected chi connectivity index (χ3v) is 8.78. The van der Waals surface area contributed by atoms with Crippen LogP contribution in [0.3, 0.4) is 0 Å². The maximum atomic E-state index is 12.3. The Morgan fingerprint density at radius 2 is 1.38 bits per heavy atom. The second kappa shape index (κ2) is 22.6. The SMILES string of the molecule is CCOCc1nc2cnc3ccccc3c2n1CCCNC(=O)COCC(=O)NCCCCC(CCCC(CCCCNC)C(N)=O)C(N)=O. The molecule has 3 aromatic rings. The zero-order valence-electron chi connectivity index (χ0n) is 29.7. The van der Waals surface area contributed by atoms with Gasteiger partial charge in [0.25, 0.3) is 0 Å². The summed E-state index contributed by atoms with van der Waals surface area (Å²) in [7, 11) is 1.90. The van der Waals surface area contributed by atoms with Crippen molar-refractivity contribution in [1.29, 1.82) is 0 Å². The molecule has 2 atom stereocenters. The lowest BCUT2D eigenvalue weighted by Crippen LogP contribution is -2.33. The van der Waals surface area contributed by atoms with Gasteiger partial charge in [0.15, 0.2) is 0 Å². The number of hydrogen-bond acceptors (Lipinski definition) is 9. The zero-order valence-corrected chi connectivity index (χ0v) is 29.7. The maximum absolute atomic E-state index is 12.3. The molecule has 0 saturated carbocycles. The number of ether oxygens (including phenoxy) is 2. The van der Waals surface area contributed by atoms with Gasteiger partial charge < -0.3 is 41.5 Å². The Bertz CT molecular complexity index is 1510. The Morgan fingerprint density at radius 1 is 0.780 bits per heavy atom. The van der Waals surface area contributed by atoms with E-state index < -0.39 is 0 Å². The number of benzene rings is 1. The first-order chi connectivity index (χ1) is 24.2. The van der Waals surface area contributed by atoms with Gasteiger partial charge in [-0.3, -0.25) is 24.2 Å². The summed E-state index contributed by atoms with van der Waals surface area (Å²) in [6.07, 6.45) is 9.10. The number of para-hydroxylation sites is 1. The molecule has 50 heavy (non-hydrogen) atoms. The molecule has 0 aliphatic rings. The number of amides is 4. The van der Waals surface area contributed by atoms with Crippen LogP contribution < -0.4 is 27.4 Å². The molecule has 14 nitrogen and oxygen atoms in total. The average molecular weight is 697 g/mol. The van der Waals surface area contributed by atoms with E-state index >= 15 is 0 Å². The van der Waals surface area contributed by atoms with Crippen LogP contribution >= 0.6 is 0 Å². The number of nitrogens with one attached hydrogen (secondary N) is 3. The van der Waals surface area contributed by atoms with Crippen LogP contribution in [0.5, 0.6) is 0 Å². The number of rotatable bonds is 27. The van der Waals surface area contributed by atoms with Crippen molar-refractivity contribution < 1.29 is 28.7 Å². The van der Waals surface area contributed by atoms with Crippen molar-refractivity contribution in [3.63, 3.8) is 0 Å². The molecule has 0 bridgehead atoms. The number of unbranched alkanes of at least 4 members (excludes halogenated alkanes) is 2. The number of carbonyl (C=O) groups is 4. The Hall–Kier alpha value is -4.14. The van der Waals surface area contributed by atoms with Gasteiger partial charge >= 0.3 is 0 Å². The molecule has 2 aromatic heterocycles. The highest BCUT2D eigenvalue weighted by Gasteiger charge is 2.19. The molecular formula is C36H56N8O6. The van der Waals surface area contributed by atoms with Gasteiger partial charge in [-0.15, -0.1) is 0 Å². The van der Waals surface area contributed by atoms with Gasteiger partial charge in [0.05, 0.1) is 17.2 Å². The van der Waals surface area contributed by atoms with E-state index in [-0.39, 0.29) is 48.7 Å². The lowest BCUT2D eigenvalue weighted by Gasteiger charge is -2.16. The van der Waals surface area contributed by atoms with Crippen LogP contribution in [0.1, 0.15) is 77.0 Å². The Labute approximate surface area is 294 Å². The minimum absolute atomic E-state index is 0.183. The summed E-state index contributed by atoms with van der Waals surface area (Å²) >= 11 is 0. The maximum Gasteiger partial charge on any atom is 0.246 e. The third kappa shape index (κ3) is 13.6. The van der Waals surface area contributed by atoms with E-state index in [1.807, 2.05) is 38.2 Å². The second-order valence-corrected chi connectivity index (χ2v) is 12.6. The summed E-state index contributed by atoms with van der Waals surface area (Å²) in [5, 5.41) is 9.74. The first-order valence-electron chi connectivity index (χ1n) is 17.9. The molecule has 7 N–H and O–H groups in total. The number of carbonyl (C=O) groups excluding carboxylic acids is 4. The fraction of sp³-hybridized carbons (Fsp3) is 0.611. The molecule has 0 aliphatic carbocycles. The number of aryl methyl sites for hydroxylation is 1. The highest BCUT2D eigenvalue weighted by molar-refractivity contribution is 6.02. The summed E-state index contributed by atoms with van der Waals surface area (Å²) in [6, 6.07) is 7.94. The first kappa shape index (κ1) is 40.3. The molecule has 0 radical (unpaired) electrons. The normalized spacial score (nSPS) is 12.6. The molecule has 2 unspecified atom stereocenters. The number of primary amides is 2. The van der Waals surface area contributed by atoms with Crippen molar-refractivity contribution in [3.8, 4) is 0 Å². The molecule has 276 valence electrons. The average Bonchev–Trinajstić information content (AvgIpc) is 3.46. The number of imidazole rings is 1. The predicted octanol–water partition coefficient (Wildman–Crippen LogP) is 2.69. The van der Waals surface area contributed by atoms with Crippen LogP contribution in [0.2, 0.25) is 0 Å². The molecule has 14 heteroatoms. The van der Waals surface area contributed by atoms with Crippen molar-refractivity contribution >= 4 is 45.6 Å². The zero-order chi connectivity index (χ0) is 36.1. The minimum Gasteiger partial charge on any atom is -0.374 e. The van der Waals surface area contributed by atoms with Gasteiger partial charge in [-0.05, 0) is 71.5 Å². The van der Waals surface area contributed by atoms with Crippen LogP contribution in [-0.4, -0.2) is 84.7 Å². The summed E-state index contributed by atoms with van der Waals surface area (Å²) in [5.74, 6) is -0.905. The lowest BCUT2D eigenvalue weighted by molar-refractivity contribution is -0.131. The number of aromatic nitrogens is 3. The van der Waals surface area contributed by atoms with Gasteiger partial charge in [0.1, 0.15) is 31.2 Å². The topological polar surface area (TPSA) is 206 Å². The third-order valence-electron chi connectivity index (χ3n) is 8.78. The fourth-order valence-corrected chi connectivity index (χ4v) is 6.06. The van der Waals surface area contributed by atoms with Crippen molar-refractivity contribution in [2.24, 2.45) is 23.3 Å². The van der Waals surface area contributed by atoms with E-state index in [4.69, 9.17) is 25.9 Å². The van der Waals surface area contributed by atoms with E-state index in [2.05, 4.69) is 25.5 Å². The smallest absolute Gasteiger partial charge is 0.246 e. The first-order valence-corrected chi connectivity index (χ1v) is 17.9. The molecule has 3 rings (SSSR count). The molecular weight excluding hydrogens is 640 g/mol. The van der Waals surface area contributed by atoms with Gasteiger partial charge in [-0.25, -0.2) is 4.98 Å². The lowest BCUT2D eigenvalue weighted by atomic mass is 9.90. The highest BCUT2D eigenvalue weighted by atomic mass is 16.5. The van der Waals surface area contributed by atoms with Crippen LogP contribution in [-0.2, 0) is 41.8 Å². The Morgan fingerprint density at radius 3 is 2.00 bits per heavy atom. The van der Waals surface area contributed by atoms with Crippen molar-refractivity contribution in [2.45, 2.75) is 84.3 Å². The predicted molar refractivity (Wildman–Crippen MR) is 193 cm³/mol. The van der Waals surface area contributed by atoms with E-state index in [9.17, 15) is 19.2 Å². The van der Waals surface area contributed by atoms with Crippen molar-refractivity contribution in [3.05, 3.63) is 36.3 Å². The van der Waals surface area contributed by atoms with Gasteiger partial charge in [0, 0.05) is 43.5 Å². The summed E-state index contributed by atoms with van der Waals surface area (Å²) in [6.45, 7) is 4.84. The van der Waals surface area contributed by atoms with Crippen LogP contribution in [0.25, 0.3) is 21.9 Å². The van der Waals surface area contributed by atoms with E-state index in [0.717, 1.165) is 60.0 Å². The summed E-state index contributed by atoms with van der Waals surface area (Å²) < 4.78 is 13.1. The van der Waals surface area contributed by atoms with E-state index in [1.54, 1.807) is 6.20 Å². The number of hydrogen-bond donors (Lipinski definition) is 5. The van der Waals surface area contributed by atoms with Crippen LogP contribution in [0.15, 0.2) is 30.5 Å². The molecule has 4 amide bonds. The molecule has 0 saturated heterocycles. The minimum atomic E-state index is -0.349. The number of fused-ring (bicyclic) bond motifs is 3. The van der Waals surface area contributed by atoms with Crippen molar-refractivity contribution in [1.82, 2.24) is 30.5 Å². The summed E-state index contributed by atoms with van der Waals surface area (Å²) in [4.78, 5) is 57.6. The molecule has 1 aromatic carbocycles. The standard InChI is InChI=1S/C36H56N8O6/c1-3-49-23-31-43-30-22-42-29-17-5-4-16-28(29)34(30)44(31)21-11-20-41-33(46)25-50-24-32(45)40-19-9-7-13-27(36(38)48)15-10-14-26(35(37)47)12-6-8-18-39-2/h4-5,16-17,22,26-27,39H,3,6-15,18-21,23-25H2,1-2H3,(H2,37,47)(H2,38,48)(H,40,45)(H,41,46). The van der Waals surface area contributed by atoms with E-state index in [0.29, 0.717) is 71.4 Å². The number of nitrogens with two attached hydrogens (primary N) is 2. The highest BCUT2D eigenvalue weighted by Crippen LogP contribution is 2.25. The Balaban J connectivity index is 1.29. The van der Waals surface area contributed by atoms with Gasteiger partial charge in [-0.2, -0.15) is 0 Å². The Kier molecular flexibility index (Phi) is 18.2. The van der Waals surface area contributed by atoms with Gasteiger partial charge in [-0.1, -0.05) is 37.5 Å². The summed E-state index contributed by atoms with van der Waals surface area (Å²) in [5.41, 5.74) is 13.9. The molecule has 0 spiro atoms. The molecule has 2 heterocycles. The van der Waals surface area contributed by atoms with E-state index in [1.165, 1.54) is 0 Å². The largest absolute Gasteiger partial charge is 0.374 e. The number of nitrogens with zero attached hydrogens (tertiary/aromatic N) is 3. The monoisotopic (exact) mass is 696 g/mol. The fourth-order valence-electron chi connectivity index (χ4n) is 6.06. The molecule has 0 fully saturated rings. The quantitative estimate of drug-likeness (QED) is 0.0742. The van der Waals surface area contributed by atoms with Gasteiger partial charge in [0.2, 0.25) is 23.6 Å². The van der Waals surface area contributed by atoms with Crippen LogP contribution in [0, 0.1) is 11.8 Å².